The molecule has 3 amide bonds. The Morgan fingerprint density at radius 3 is 2.28 bits per heavy atom. The Labute approximate surface area is 149 Å². The molecule has 0 atom stereocenters. The highest BCUT2D eigenvalue weighted by molar-refractivity contribution is 6.04. The topological polar surface area (TPSA) is 71.3 Å². The molecule has 25 heavy (non-hydrogen) atoms. The third-order valence-electron chi connectivity index (χ3n) is 3.99. The molecule has 0 saturated carbocycles. The van der Waals surface area contributed by atoms with Gasteiger partial charge in [0, 0.05) is 13.2 Å². The molecule has 0 aromatic rings. The molecule has 0 bridgehead atoms. The summed E-state index contributed by atoms with van der Waals surface area (Å²) in [6.07, 6.45) is 10.0. The van der Waals surface area contributed by atoms with Gasteiger partial charge in [0.2, 0.25) is 0 Å². The molecule has 1 fully saturated rings. The number of esters is 1. The number of urea groups is 1. The van der Waals surface area contributed by atoms with Gasteiger partial charge in [-0.15, -0.1) is 0 Å². The van der Waals surface area contributed by atoms with E-state index in [9.17, 15) is 14.4 Å². The van der Waals surface area contributed by atoms with Crippen LogP contribution >= 0.6 is 0 Å². The lowest BCUT2D eigenvalue weighted by Crippen LogP contribution is -2.27. The number of ether oxygens (including phenoxy) is 1. The molecule has 1 rings (SSSR count). The number of carbonyl (C=O) groups excluding carboxylic acids is 3. The molecule has 1 aliphatic heterocycles. The summed E-state index contributed by atoms with van der Waals surface area (Å²) in [7, 11) is 1.48. The minimum absolute atomic E-state index is 0.0616. The maximum absolute atomic E-state index is 11.9. The van der Waals surface area contributed by atoms with Crippen LogP contribution in [0.1, 0.15) is 58.3 Å². The van der Waals surface area contributed by atoms with Crippen molar-refractivity contribution >= 4 is 17.9 Å². The van der Waals surface area contributed by atoms with Gasteiger partial charge in [0.15, 0.2) is 0 Å². The third-order valence-corrected chi connectivity index (χ3v) is 3.99. The lowest BCUT2D eigenvalue weighted by Gasteiger charge is -2.10. The summed E-state index contributed by atoms with van der Waals surface area (Å²) in [5, 5.41) is 0. The maximum atomic E-state index is 11.9. The highest BCUT2D eigenvalue weighted by Gasteiger charge is 2.33. The molecule has 1 saturated heterocycles. The predicted octanol–water partition coefficient (Wildman–Crippen LogP) is 3.32. The highest BCUT2D eigenvalue weighted by atomic mass is 16.5. The van der Waals surface area contributed by atoms with Gasteiger partial charge in [0.1, 0.15) is 6.54 Å². The van der Waals surface area contributed by atoms with Crippen LogP contribution in [0, 0.1) is 6.57 Å². The molecule has 138 valence electrons. The standard InChI is InChI=1S/C18H27N3O4/c1-4-5-6-7-8-9-10-11-12-25-17(23)15(19-2)13-21-16(22)14-20(3)18(21)24/h13H,4-12,14H2,1,3H3/b15-13+. The van der Waals surface area contributed by atoms with Crippen molar-refractivity contribution in [3.05, 3.63) is 23.3 Å². The average molecular weight is 349 g/mol. The van der Waals surface area contributed by atoms with Crippen molar-refractivity contribution in [3.8, 4) is 0 Å². The molecular formula is C18H27N3O4. The first-order chi connectivity index (χ1) is 12.0. The van der Waals surface area contributed by atoms with E-state index in [1.165, 1.54) is 44.1 Å². The van der Waals surface area contributed by atoms with Crippen molar-refractivity contribution in [3.63, 3.8) is 0 Å². The number of unbranched alkanes of at least 4 members (excludes halogenated alkanes) is 7. The van der Waals surface area contributed by atoms with E-state index < -0.39 is 17.9 Å². The minimum atomic E-state index is -0.798. The Bertz CT molecular complexity index is 551. The van der Waals surface area contributed by atoms with Crippen LogP contribution in [0.25, 0.3) is 4.85 Å². The predicted molar refractivity (Wildman–Crippen MR) is 93.1 cm³/mol. The number of carbonyl (C=O) groups is 3. The lowest BCUT2D eigenvalue weighted by atomic mass is 10.1. The maximum Gasteiger partial charge on any atom is 0.337 e. The summed E-state index contributed by atoms with van der Waals surface area (Å²) in [4.78, 5) is 40.4. The van der Waals surface area contributed by atoms with Crippen LogP contribution < -0.4 is 0 Å². The number of hydrogen-bond donors (Lipinski definition) is 0. The average Bonchev–Trinajstić information content (AvgIpc) is 2.83. The first-order valence-corrected chi connectivity index (χ1v) is 8.84. The van der Waals surface area contributed by atoms with Crippen LogP contribution in [-0.2, 0) is 14.3 Å². The lowest BCUT2D eigenvalue weighted by molar-refractivity contribution is -0.138. The second-order valence-electron chi connectivity index (χ2n) is 6.14. The second-order valence-corrected chi connectivity index (χ2v) is 6.14. The zero-order chi connectivity index (χ0) is 18.7. The molecule has 0 spiro atoms. The monoisotopic (exact) mass is 349 g/mol. The fraction of sp³-hybridized carbons (Fsp3) is 0.667. The van der Waals surface area contributed by atoms with Crippen LogP contribution in [0.15, 0.2) is 11.9 Å². The van der Waals surface area contributed by atoms with Crippen molar-refractivity contribution in [2.24, 2.45) is 0 Å². The quantitative estimate of drug-likeness (QED) is 0.189. The van der Waals surface area contributed by atoms with Crippen molar-refractivity contribution in [2.75, 3.05) is 20.2 Å². The van der Waals surface area contributed by atoms with E-state index in [4.69, 9.17) is 11.3 Å². The van der Waals surface area contributed by atoms with E-state index in [2.05, 4.69) is 11.8 Å². The largest absolute Gasteiger partial charge is 0.471 e. The minimum Gasteiger partial charge on any atom is -0.471 e. The SMILES string of the molecule is [C-]#[N+]/C(=C/N1C(=O)CN(C)C1=O)C(=O)OCCCCCCCCCC. The zero-order valence-electron chi connectivity index (χ0n) is 15.1. The summed E-state index contributed by atoms with van der Waals surface area (Å²) >= 11 is 0. The van der Waals surface area contributed by atoms with Gasteiger partial charge < -0.3 is 9.64 Å². The fourth-order valence-corrected chi connectivity index (χ4v) is 2.49. The van der Waals surface area contributed by atoms with E-state index >= 15 is 0 Å². The van der Waals surface area contributed by atoms with Gasteiger partial charge in [0.05, 0.1) is 13.2 Å². The number of nitrogens with zero attached hydrogens (tertiary/aromatic N) is 3. The van der Waals surface area contributed by atoms with Crippen LogP contribution in [0.5, 0.6) is 0 Å². The molecule has 0 aromatic heterocycles. The van der Waals surface area contributed by atoms with Gasteiger partial charge >= 0.3 is 12.0 Å². The Morgan fingerprint density at radius 2 is 1.76 bits per heavy atom. The van der Waals surface area contributed by atoms with Crippen molar-refractivity contribution < 1.29 is 19.1 Å². The molecule has 0 unspecified atom stereocenters. The van der Waals surface area contributed by atoms with E-state index in [-0.39, 0.29) is 18.8 Å². The molecule has 0 N–H and O–H groups in total. The normalized spacial score (nSPS) is 14.8. The second kappa shape index (κ2) is 11.2. The van der Waals surface area contributed by atoms with Crippen LogP contribution in [0.3, 0.4) is 0 Å². The molecule has 7 nitrogen and oxygen atoms in total. The van der Waals surface area contributed by atoms with Crippen LogP contribution in [-0.4, -0.2) is 47.9 Å². The number of imide groups is 1. The molecule has 7 heteroatoms. The van der Waals surface area contributed by atoms with Gasteiger partial charge in [-0.25, -0.2) is 14.5 Å². The first-order valence-electron chi connectivity index (χ1n) is 8.84. The van der Waals surface area contributed by atoms with Crippen LogP contribution in [0.2, 0.25) is 0 Å². The van der Waals surface area contributed by atoms with Crippen molar-refractivity contribution in [1.82, 2.24) is 9.80 Å². The summed E-state index contributed by atoms with van der Waals surface area (Å²) in [5.74, 6) is -1.27. The first kappa shape index (κ1) is 20.7. The van der Waals surface area contributed by atoms with E-state index in [0.717, 1.165) is 30.4 Å². The summed E-state index contributed by atoms with van der Waals surface area (Å²) in [5.41, 5.74) is -0.364. The van der Waals surface area contributed by atoms with Crippen LogP contribution in [0.4, 0.5) is 4.79 Å². The van der Waals surface area contributed by atoms with Gasteiger partial charge in [-0.05, 0) is 6.42 Å². The Balaban J connectivity index is 2.30. The number of likely N-dealkylation sites (N-methyl/N-ethyl adjacent to an activating group) is 1. The number of rotatable bonds is 11. The van der Waals surface area contributed by atoms with E-state index in [1.807, 2.05) is 0 Å². The van der Waals surface area contributed by atoms with Crippen molar-refractivity contribution in [2.45, 2.75) is 58.3 Å². The Morgan fingerprint density at radius 1 is 1.16 bits per heavy atom. The zero-order valence-corrected chi connectivity index (χ0v) is 15.1. The summed E-state index contributed by atoms with van der Waals surface area (Å²) in [6, 6.07) is -0.554. The smallest absolute Gasteiger partial charge is 0.337 e. The molecule has 1 aliphatic rings. The Kier molecular flexibility index (Phi) is 9.30. The third kappa shape index (κ3) is 6.96. The van der Waals surface area contributed by atoms with Gasteiger partial charge in [-0.2, -0.15) is 0 Å². The van der Waals surface area contributed by atoms with E-state index in [0.29, 0.717) is 0 Å². The Hall–Kier alpha value is -2.36. The summed E-state index contributed by atoms with van der Waals surface area (Å²) < 4.78 is 5.06. The summed E-state index contributed by atoms with van der Waals surface area (Å²) in [6.45, 7) is 9.42. The number of hydrogen-bond acceptors (Lipinski definition) is 4. The van der Waals surface area contributed by atoms with E-state index in [1.54, 1.807) is 0 Å². The molecular weight excluding hydrogens is 322 g/mol. The highest BCUT2D eigenvalue weighted by Crippen LogP contribution is 2.13. The van der Waals surface area contributed by atoms with Gasteiger partial charge in [0.25, 0.3) is 11.6 Å². The van der Waals surface area contributed by atoms with Gasteiger partial charge in [-0.3, -0.25) is 9.59 Å². The van der Waals surface area contributed by atoms with Crippen molar-refractivity contribution in [1.29, 1.82) is 0 Å². The number of amides is 3. The molecule has 0 aliphatic carbocycles. The molecule has 0 radical (unpaired) electrons. The van der Waals surface area contributed by atoms with Gasteiger partial charge in [-0.1, -0.05) is 51.9 Å². The molecule has 1 heterocycles. The molecule has 0 aromatic carbocycles. The fourth-order valence-electron chi connectivity index (χ4n) is 2.49.